The summed E-state index contributed by atoms with van der Waals surface area (Å²) in [4.78, 5) is 13.4. The van der Waals surface area contributed by atoms with E-state index < -0.39 is 0 Å². The van der Waals surface area contributed by atoms with Crippen molar-refractivity contribution in [3.8, 4) is 11.5 Å². The number of rotatable bonds is 2. The van der Waals surface area contributed by atoms with E-state index in [2.05, 4.69) is 20.1 Å². The summed E-state index contributed by atoms with van der Waals surface area (Å²) in [5.74, 6) is 1.21. The van der Waals surface area contributed by atoms with Crippen LogP contribution in [0.4, 0.5) is 4.39 Å². The second-order valence-electron chi connectivity index (χ2n) is 6.30. The second-order valence-corrected chi connectivity index (χ2v) is 6.30. The standard InChI is InChI=1S/C17H11FN6O/c18-10-3-4-12-11(7-10)15-19-5-6-23(15)17-13(20-8-24(12)17)14-21-16(25-22-14)9-1-2-9/h3-9H,1-2H2. The average molecular weight is 334 g/mol. The fraction of sp³-hybridized carbons (Fsp3) is 0.176. The van der Waals surface area contributed by atoms with Crippen molar-refractivity contribution in [3.63, 3.8) is 0 Å². The van der Waals surface area contributed by atoms with E-state index in [1.807, 2.05) is 15.0 Å². The molecule has 0 saturated heterocycles. The number of halogens is 1. The maximum Gasteiger partial charge on any atom is 0.230 e. The number of aromatic nitrogens is 6. The number of imidazole rings is 2. The molecule has 4 heterocycles. The fourth-order valence-electron chi connectivity index (χ4n) is 3.30. The minimum atomic E-state index is -0.302. The summed E-state index contributed by atoms with van der Waals surface area (Å²) < 4.78 is 22.9. The van der Waals surface area contributed by atoms with E-state index in [-0.39, 0.29) is 5.82 Å². The summed E-state index contributed by atoms with van der Waals surface area (Å²) in [6, 6.07) is 4.64. The summed E-state index contributed by atoms with van der Waals surface area (Å²) in [5.41, 5.74) is 2.87. The van der Waals surface area contributed by atoms with Crippen molar-refractivity contribution < 1.29 is 8.91 Å². The maximum atomic E-state index is 13.7. The molecule has 1 fully saturated rings. The first-order valence-corrected chi connectivity index (χ1v) is 8.05. The van der Waals surface area contributed by atoms with E-state index in [1.165, 1.54) is 12.1 Å². The van der Waals surface area contributed by atoms with Crippen LogP contribution in [-0.2, 0) is 0 Å². The van der Waals surface area contributed by atoms with Crippen LogP contribution >= 0.6 is 0 Å². The monoisotopic (exact) mass is 334 g/mol. The normalized spacial score (nSPS) is 14.9. The second kappa shape index (κ2) is 4.41. The maximum absolute atomic E-state index is 13.7. The minimum absolute atomic E-state index is 0.302. The molecule has 25 heavy (non-hydrogen) atoms. The molecule has 1 saturated carbocycles. The zero-order valence-electron chi connectivity index (χ0n) is 12.9. The molecule has 0 unspecified atom stereocenters. The van der Waals surface area contributed by atoms with Gasteiger partial charge < -0.3 is 4.52 Å². The van der Waals surface area contributed by atoms with Gasteiger partial charge in [-0.05, 0) is 31.0 Å². The minimum Gasteiger partial charge on any atom is -0.339 e. The predicted molar refractivity (Wildman–Crippen MR) is 86.7 cm³/mol. The van der Waals surface area contributed by atoms with Gasteiger partial charge in [0.05, 0.1) is 5.52 Å². The van der Waals surface area contributed by atoms with E-state index in [1.54, 1.807) is 18.6 Å². The van der Waals surface area contributed by atoms with Crippen molar-refractivity contribution in [2.24, 2.45) is 0 Å². The highest BCUT2D eigenvalue weighted by Gasteiger charge is 2.30. The Morgan fingerprint density at radius 3 is 2.96 bits per heavy atom. The van der Waals surface area contributed by atoms with Gasteiger partial charge in [-0.1, -0.05) is 5.16 Å². The van der Waals surface area contributed by atoms with Crippen LogP contribution < -0.4 is 0 Å². The Balaban J connectivity index is 1.72. The third kappa shape index (κ3) is 1.73. The van der Waals surface area contributed by atoms with Gasteiger partial charge in [-0.2, -0.15) is 4.98 Å². The molecular formula is C17H11FN6O. The predicted octanol–water partition coefficient (Wildman–Crippen LogP) is 3.20. The van der Waals surface area contributed by atoms with Crippen LogP contribution in [0.25, 0.3) is 33.7 Å². The zero-order chi connectivity index (χ0) is 16.5. The number of benzene rings is 1. The summed E-state index contributed by atoms with van der Waals surface area (Å²) in [6.45, 7) is 0. The Hall–Kier alpha value is -3.29. The molecule has 0 amide bonds. The highest BCUT2D eigenvalue weighted by atomic mass is 19.1. The first-order valence-electron chi connectivity index (χ1n) is 8.05. The van der Waals surface area contributed by atoms with Gasteiger partial charge in [0.25, 0.3) is 0 Å². The number of nitrogens with zero attached hydrogens (tertiary/aromatic N) is 6. The molecule has 0 bridgehead atoms. The fourth-order valence-corrected chi connectivity index (χ4v) is 3.30. The van der Waals surface area contributed by atoms with Crippen molar-refractivity contribution in [3.05, 3.63) is 48.6 Å². The smallest absolute Gasteiger partial charge is 0.230 e. The lowest BCUT2D eigenvalue weighted by molar-refractivity contribution is 0.380. The molecule has 0 N–H and O–H groups in total. The van der Waals surface area contributed by atoms with Gasteiger partial charge in [0.2, 0.25) is 11.7 Å². The quantitative estimate of drug-likeness (QED) is 0.496. The van der Waals surface area contributed by atoms with E-state index in [0.717, 1.165) is 24.0 Å². The molecule has 6 rings (SSSR count). The molecule has 1 aliphatic rings. The van der Waals surface area contributed by atoms with E-state index in [4.69, 9.17) is 4.52 Å². The van der Waals surface area contributed by atoms with Crippen molar-refractivity contribution in [1.82, 2.24) is 28.9 Å². The van der Waals surface area contributed by atoms with Crippen LogP contribution in [0.1, 0.15) is 24.7 Å². The molecule has 122 valence electrons. The van der Waals surface area contributed by atoms with Gasteiger partial charge in [0.1, 0.15) is 17.8 Å². The molecule has 0 atom stereocenters. The van der Waals surface area contributed by atoms with Crippen LogP contribution in [0.2, 0.25) is 0 Å². The van der Waals surface area contributed by atoms with Gasteiger partial charge >= 0.3 is 0 Å². The molecule has 7 nitrogen and oxygen atoms in total. The topological polar surface area (TPSA) is 73.5 Å². The van der Waals surface area contributed by atoms with Gasteiger partial charge in [-0.3, -0.25) is 8.80 Å². The molecule has 5 aromatic rings. The summed E-state index contributed by atoms with van der Waals surface area (Å²) >= 11 is 0. The van der Waals surface area contributed by atoms with E-state index in [9.17, 15) is 4.39 Å². The molecule has 0 aliphatic heterocycles. The van der Waals surface area contributed by atoms with Gasteiger partial charge in [0.15, 0.2) is 11.3 Å². The molecule has 8 heteroatoms. The first-order chi connectivity index (χ1) is 12.3. The summed E-state index contributed by atoms with van der Waals surface area (Å²) in [6.07, 6.45) is 7.38. The van der Waals surface area contributed by atoms with Crippen molar-refractivity contribution >= 4 is 22.2 Å². The van der Waals surface area contributed by atoms with Crippen molar-refractivity contribution in [1.29, 1.82) is 0 Å². The van der Waals surface area contributed by atoms with E-state index in [0.29, 0.717) is 34.4 Å². The van der Waals surface area contributed by atoms with Gasteiger partial charge in [0, 0.05) is 23.7 Å². The molecule has 1 aromatic carbocycles. The Morgan fingerprint density at radius 2 is 2.08 bits per heavy atom. The van der Waals surface area contributed by atoms with Crippen LogP contribution in [0, 0.1) is 5.82 Å². The lowest BCUT2D eigenvalue weighted by Gasteiger charge is -2.06. The number of hydrogen-bond acceptors (Lipinski definition) is 5. The van der Waals surface area contributed by atoms with Crippen LogP contribution in [0.3, 0.4) is 0 Å². The Labute approximate surface area is 139 Å². The first kappa shape index (κ1) is 13.1. The van der Waals surface area contributed by atoms with Gasteiger partial charge in [-0.25, -0.2) is 14.4 Å². The number of fused-ring (bicyclic) bond motifs is 6. The largest absolute Gasteiger partial charge is 0.339 e. The van der Waals surface area contributed by atoms with Crippen LogP contribution in [0.15, 0.2) is 41.4 Å². The highest BCUT2D eigenvalue weighted by molar-refractivity contribution is 5.95. The third-order valence-electron chi connectivity index (χ3n) is 4.65. The van der Waals surface area contributed by atoms with Gasteiger partial charge in [-0.15, -0.1) is 0 Å². The molecule has 1 aliphatic carbocycles. The molecular weight excluding hydrogens is 323 g/mol. The lowest BCUT2D eigenvalue weighted by Crippen LogP contribution is -1.98. The average Bonchev–Trinajstić information content (AvgIpc) is 3.04. The zero-order valence-corrected chi connectivity index (χ0v) is 12.9. The Kier molecular flexibility index (Phi) is 2.30. The summed E-state index contributed by atoms with van der Waals surface area (Å²) in [5, 5.41) is 4.82. The third-order valence-corrected chi connectivity index (χ3v) is 4.65. The lowest BCUT2D eigenvalue weighted by atomic mass is 10.2. The summed E-state index contributed by atoms with van der Waals surface area (Å²) in [7, 11) is 0. The Bertz CT molecular complexity index is 1280. The SMILES string of the molecule is Fc1ccc2c(c1)c1nccn1c1c(-c3noc(C4CC4)n3)ncn21. The van der Waals surface area contributed by atoms with Crippen molar-refractivity contribution in [2.45, 2.75) is 18.8 Å². The number of hydrogen-bond donors (Lipinski definition) is 0. The molecule has 4 aromatic heterocycles. The van der Waals surface area contributed by atoms with Crippen molar-refractivity contribution in [2.75, 3.05) is 0 Å². The highest BCUT2D eigenvalue weighted by Crippen LogP contribution is 2.39. The van der Waals surface area contributed by atoms with Crippen LogP contribution in [-0.4, -0.2) is 28.9 Å². The van der Waals surface area contributed by atoms with Crippen LogP contribution in [0.5, 0.6) is 0 Å². The molecule has 0 spiro atoms. The molecule has 0 radical (unpaired) electrons. The van der Waals surface area contributed by atoms with E-state index >= 15 is 0 Å². The Morgan fingerprint density at radius 1 is 1.16 bits per heavy atom.